The Morgan fingerprint density at radius 1 is 1.37 bits per heavy atom. The lowest BCUT2D eigenvalue weighted by atomic mass is 10.2. The van der Waals surface area contributed by atoms with E-state index in [9.17, 15) is 19.3 Å². The fourth-order valence-electron chi connectivity index (χ4n) is 1.55. The van der Waals surface area contributed by atoms with Crippen LogP contribution in [0.15, 0.2) is 35.4 Å². The summed E-state index contributed by atoms with van der Waals surface area (Å²) in [4.78, 5) is 25.2. The first-order valence-corrected chi connectivity index (χ1v) is 5.49. The Labute approximate surface area is 111 Å². The second kappa shape index (κ2) is 5.15. The molecule has 8 heteroatoms. The lowest BCUT2D eigenvalue weighted by Crippen LogP contribution is -2.20. The molecule has 0 fully saturated rings. The minimum absolute atomic E-state index is 0.0262. The molecule has 0 amide bonds. The normalized spacial score (nSPS) is 10.4. The van der Waals surface area contributed by atoms with Gasteiger partial charge in [0.05, 0.1) is 23.9 Å². The molecule has 1 heterocycles. The molecular formula is C11H7ClFN3O3. The highest BCUT2D eigenvalue weighted by molar-refractivity contribution is 6.29. The summed E-state index contributed by atoms with van der Waals surface area (Å²) < 4.78 is 14.4. The summed E-state index contributed by atoms with van der Waals surface area (Å²) >= 11 is 5.54. The van der Waals surface area contributed by atoms with Gasteiger partial charge in [-0.25, -0.2) is 9.37 Å². The molecule has 1 aromatic heterocycles. The Hall–Kier alpha value is -2.28. The molecule has 0 atom stereocenters. The van der Waals surface area contributed by atoms with Gasteiger partial charge in [0.2, 0.25) is 0 Å². The number of halogens is 2. The first-order chi connectivity index (χ1) is 8.95. The van der Waals surface area contributed by atoms with Gasteiger partial charge < -0.3 is 0 Å². The van der Waals surface area contributed by atoms with Crippen molar-refractivity contribution < 1.29 is 9.31 Å². The third-order valence-corrected chi connectivity index (χ3v) is 2.56. The number of hydrogen-bond acceptors (Lipinski definition) is 4. The maximum absolute atomic E-state index is 13.2. The molecule has 98 valence electrons. The minimum atomic E-state index is -0.737. The van der Waals surface area contributed by atoms with Crippen molar-refractivity contribution >= 4 is 17.3 Å². The van der Waals surface area contributed by atoms with Gasteiger partial charge in [-0.15, -0.1) is 0 Å². The van der Waals surface area contributed by atoms with Crippen LogP contribution < -0.4 is 5.56 Å². The van der Waals surface area contributed by atoms with Crippen LogP contribution in [0.1, 0.15) is 5.56 Å². The lowest BCUT2D eigenvalue weighted by Gasteiger charge is -2.05. The molecule has 0 aliphatic carbocycles. The summed E-state index contributed by atoms with van der Waals surface area (Å²) in [5.74, 6) is -0.737. The summed E-state index contributed by atoms with van der Waals surface area (Å²) in [5.41, 5.74) is -0.505. The predicted octanol–water partition coefficient (Wildman–Crippen LogP) is 1.99. The average Bonchev–Trinajstić information content (AvgIpc) is 2.32. The van der Waals surface area contributed by atoms with Crippen LogP contribution in [-0.4, -0.2) is 14.5 Å². The third kappa shape index (κ3) is 3.14. The van der Waals surface area contributed by atoms with Gasteiger partial charge in [0, 0.05) is 12.1 Å². The monoisotopic (exact) mass is 283 g/mol. The maximum atomic E-state index is 13.2. The Bertz CT molecular complexity index is 702. The van der Waals surface area contributed by atoms with Gasteiger partial charge >= 0.3 is 0 Å². The number of nitro groups is 1. The van der Waals surface area contributed by atoms with Crippen LogP contribution in [0, 0.1) is 15.9 Å². The van der Waals surface area contributed by atoms with E-state index < -0.39 is 16.3 Å². The smallest absolute Gasteiger partial charge is 0.272 e. The molecule has 2 rings (SSSR count). The molecule has 0 N–H and O–H groups in total. The fourth-order valence-corrected chi connectivity index (χ4v) is 1.69. The van der Waals surface area contributed by atoms with E-state index in [4.69, 9.17) is 11.6 Å². The van der Waals surface area contributed by atoms with Gasteiger partial charge in [0.25, 0.3) is 11.2 Å². The Kier molecular flexibility index (Phi) is 3.57. The molecule has 0 aliphatic rings. The SMILES string of the molecule is O=c1cc(Cl)ncn1Cc1cc(F)cc([N+](=O)[O-])c1. The molecule has 1 aromatic carbocycles. The summed E-state index contributed by atoms with van der Waals surface area (Å²) in [6, 6.07) is 4.24. The number of benzene rings is 1. The molecule has 0 bridgehead atoms. The van der Waals surface area contributed by atoms with Gasteiger partial charge in [-0.3, -0.25) is 19.5 Å². The zero-order chi connectivity index (χ0) is 14.0. The van der Waals surface area contributed by atoms with Crippen LogP contribution in [0.5, 0.6) is 0 Å². The molecule has 0 aliphatic heterocycles. The number of rotatable bonds is 3. The second-order valence-corrected chi connectivity index (χ2v) is 4.14. The van der Waals surface area contributed by atoms with E-state index >= 15 is 0 Å². The highest BCUT2D eigenvalue weighted by Gasteiger charge is 2.10. The van der Waals surface area contributed by atoms with E-state index in [1.807, 2.05) is 0 Å². The summed E-state index contributed by atoms with van der Waals surface area (Å²) in [7, 11) is 0. The molecule has 0 unspecified atom stereocenters. The zero-order valence-electron chi connectivity index (χ0n) is 9.42. The van der Waals surface area contributed by atoms with E-state index in [-0.39, 0.29) is 22.9 Å². The van der Waals surface area contributed by atoms with Crippen LogP contribution in [0.3, 0.4) is 0 Å². The van der Waals surface area contributed by atoms with Crippen LogP contribution >= 0.6 is 11.6 Å². The van der Waals surface area contributed by atoms with E-state index in [1.165, 1.54) is 17.0 Å². The first kappa shape index (κ1) is 13.2. The Morgan fingerprint density at radius 2 is 2.11 bits per heavy atom. The van der Waals surface area contributed by atoms with Gasteiger partial charge in [0.1, 0.15) is 11.0 Å². The largest absolute Gasteiger partial charge is 0.295 e. The van der Waals surface area contributed by atoms with Gasteiger partial charge in [-0.05, 0) is 11.6 Å². The molecule has 0 spiro atoms. The summed E-state index contributed by atoms with van der Waals surface area (Å²) in [6.07, 6.45) is 1.20. The van der Waals surface area contributed by atoms with Crippen molar-refractivity contribution in [1.82, 2.24) is 9.55 Å². The highest BCUT2D eigenvalue weighted by Crippen LogP contribution is 2.16. The third-order valence-electron chi connectivity index (χ3n) is 2.35. The number of aromatic nitrogens is 2. The standard InChI is InChI=1S/C11H7ClFN3O3/c12-10-4-11(17)15(6-14-10)5-7-1-8(13)3-9(2-7)16(18)19/h1-4,6H,5H2. The van der Waals surface area contributed by atoms with E-state index in [2.05, 4.69) is 4.98 Å². The van der Waals surface area contributed by atoms with Crippen molar-refractivity contribution in [1.29, 1.82) is 0 Å². The molecule has 0 radical (unpaired) electrons. The zero-order valence-corrected chi connectivity index (χ0v) is 10.2. The molecular weight excluding hydrogens is 277 g/mol. The second-order valence-electron chi connectivity index (χ2n) is 3.75. The fraction of sp³-hybridized carbons (Fsp3) is 0.0909. The Morgan fingerprint density at radius 3 is 2.74 bits per heavy atom. The van der Waals surface area contributed by atoms with Crippen LogP contribution in [-0.2, 0) is 6.54 Å². The molecule has 6 nitrogen and oxygen atoms in total. The van der Waals surface area contributed by atoms with E-state index in [1.54, 1.807) is 0 Å². The average molecular weight is 284 g/mol. The predicted molar refractivity (Wildman–Crippen MR) is 65.7 cm³/mol. The van der Waals surface area contributed by atoms with Crippen LogP contribution in [0.2, 0.25) is 5.15 Å². The van der Waals surface area contributed by atoms with Gasteiger partial charge in [0.15, 0.2) is 0 Å². The molecule has 0 saturated heterocycles. The van der Waals surface area contributed by atoms with Crippen molar-refractivity contribution in [2.24, 2.45) is 0 Å². The highest BCUT2D eigenvalue weighted by atomic mass is 35.5. The van der Waals surface area contributed by atoms with Crippen molar-refractivity contribution in [3.63, 3.8) is 0 Å². The maximum Gasteiger partial charge on any atom is 0.272 e. The summed E-state index contributed by atoms with van der Waals surface area (Å²) in [5, 5.41) is 10.7. The molecule has 19 heavy (non-hydrogen) atoms. The van der Waals surface area contributed by atoms with E-state index in [0.717, 1.165) is 18.2 Å². The Balaban J connectivity index is 2.38. The topological polar surface area (TPSA) is 78.0 Å². The molecule has 0 saturated carbocycles. The van der Waals surface area contributed by atoms with Crippen molar-refractivity contribution in [3.8, 4) is 0 Å². The van der Waals surface area contributed by atoms with Crippen molar-refractivity contribution in [3.05, 3.63) is 67.6 Å². The number of nitrogens with zero attached hydrogens (tertiary/aromatic N) is 3. The first-order valence-electron chi connectivity index (χ1n) is 5.11. The van der Waals surface area contributed by atoms with Gasteiger partial charge in [-0.2, -0.15) is 0 Å². The minimum Gasteiger partial charge on any atom is -0.295 e. The van der Waals surface area contributed by atoms with Crippen LogP contribution in [0.4, 0.5) is 10.1 Å². The van der Waals surface area contributed by atoms with E-state index in [0.29, 0.717) is 0 Å². The van der Waals surface area contributed by atoms with Crippen molar-refractivity contribution in [2.45, 2.75) is 6.54 Å². The van der Waals surface area contributed by atoms with Gasteiger partial charge in [-0.1, -0.05) is 11.6 Å². The van der Waals surface area contributed by atoms with Crippen molar-refractivity contribution in [2.75, 3.05) is 0 Å². The van der Waals surface area contributed by atoms with Crippen LogP contribution in [0.25, 0.3) is 0 Å². The summed E-state index contributed by atoms with van der Waals surface area (Å²) in [6.45, 7) is -0.0262. The number of non-ortho nitro benzene ring substituents is 1. The quantitative estimate of drug-likeness (QED) is 0.490. The lowest BCUT2D eigenvalue weighted by molar-refractivity contribution is -0.385. The number of nitro benzene ring substituents is 1. The number of hydrogen-bond donors (Lipinski definition) is 0. The molecule has 2 aromatic rings.